The van der Waals surface area contributed by atoms with E-state index in [0.717, 1.165) is 19.3 Å². The van der Waals surface area contributed by atoms with Crippen molar-refractivity contribution in [3.63, 3.8) is 0 Å². The molecule has 188 valence electrons. The van der Waals surface area contributed by atoms with Gasteiger partial charge in [-0.2, -0.15) is 8.42 Å². The van der Waals surface area contributed by atoms with Crippen LogP contribution in [0.2, 0.25) is 0 Å². The van der Waals surface area contributed by atoms with Crippen LogP contribution in [0, 0.1) is 0 Å². The lowest BCUT2D eigenvalue weighted by atomic mass is 10.0. The number of unbranched alkanes of at least 4 members (excludes halogenated alkanes) is 21. The number of aliphatic hydroxyl groups excluding tert-OH is 1. The zero-order valence-corrected chi connectivity index (χ0v) is 21.5. The second kappa shape index (κ2) is 23.0. The molecule has 0 heterocycles. The monoisotopic (exact) mass is 462 g/mol. The summed E-state index contributed by atoms with van der Waals surface area (Å²) in [4.78, 5) is 0. The van der Waals surface area contributed by atoms with E-state index in [1.165, 1.54) is 122 Å². The van der Waals surface area contributed by atoms with Gasteiger partial charge in [-0.15, -0.1) is 0 Å². The third-order valence-corrected chi connectivity index (χ3v) is 7.10. The van der Waals surface area contributed by atoms with E-state index in [0.29, 0.717) is 6.42 Å². The summed E-state index contributed by atoms with van der Waals surface area (Å²) in [5, 5.41) is 9.51. The van der Waals surface area contributed by atoms with Crippen LogP contribution in [0.4, 0.5) is 0 Å². The molecule has 0 radical (unpaired) electrons. The number of rotatable bonds is 25. The van der Waals surface area contributed by atoms with Crippen molar-refractivity contribution in [1.29, 1.82) is 0 Å². The van der Waals surface area contributed by atoms with Gasteiger partial charge >= 0.3 is 0 Å². The van der Waals surface area contributed by atoms with E-state index < -0.39 is 22.0 Å². The molecule has 1 atom stereocenters. The van der Waals surface area contributed by atoms with E-state index in [4.69, 9.17) is 4.55 Å². The van der Waals surface area contributed by atoms with E-state index in [9.17, 15) is 13.5 Å². The Bertz CT molecular complexity index is 450. The van der Waals surface area contributed by atoms with Crippen molar-refractivity contribution in [3.8, 4) is 0 Å². The summed E-state index contributed by atoms with van der Waals surface area (Å²) in [5.74, 6) is -0.535. The summed E-state index contributed by atoms with van der Waals surface area (Å²) >= 11 is 0. The normalized spacial score (nSPS) is 13.0. The second-order valence-corrected chi connectivity index (χ2v) is 11.1. The molecule has 0 aliphatic heterocycles. The van der Waals surface area contributed by atoms with E-state index in [1.54, 1.807) is 0 Å². The van der Waals surface area contributed by atoms with Gasteiger partial charge in [-0.1, -0.05) is 148 Å². The molecule has 0 aromatic carbocycles. The van der Waals surface area contributed by atoms with Gasteiger partial charge in [0, 0.05) is 0 Å². The van der Waals surface area contributed by atoms with Crippen LogP contribution in [0.15, 0.2) is 0 Å². The summed E-state index contributed by atoms with van der Waals surface area (Å²) in [7, 11) is -4.05. The Morgan fingerprint density at radius 2 is 0.774 bits per heavy atom. The second-order valence-electron chi connectivity index (χ2n) is 9.62. The predicted octanol–water partition coefficient (Wildman–Crippen LogP) is 8.23. The summed E-state index contributed by atoms with van der Waals surface area (Å²) < 4.78 is 30.0. The van der Waals surface area contributed by atoms with Gasteiger partial charge in [0.15, 0.2) is 0 Å². The van der Waals surface area contributed by atoms with E-state index in [-0.39, 0.29) is 0 Å². The predicted molar refractivity (Wildman–Crippen MR) is 134 cm³/mol. The minimum Gasteiger partial charge on any atom is -0.392 e. The Balaban J connectivity index is 3.11. The van der Waals surface area contributed by atoms with Gasteiger partial charge in [0.05, 0.1) is 6.10 Å². The smallest absolute Gasteiger partial charge is 0.267 e. The molecule has 0 bridgehead atoms. The first-order valence-corrected chi connectivity index (χ1v) is 15.2. The molecule has 2 N–H and O–H groups in total. The van der Waals surface area contributed by atoms with Gasteiger partial charge < -0.3 is 5.11 Å². The van der Waals surface area contributed by atoms with Crippen LogP contribution in [-0.4, -0.2) is 29.9 Å². The Morgan fingerprint density at radius 1 is 0.516 bits per heavy atom. The fourth-order valence-corrected chi connectivity index (χ4v) is 4.97. The van der Waals surface area contributed by atoms with E-state index >= 15 is 0 Å². The quantitative estimate of drug-likeness (QED) is 0.106. The van der Waals surface area contributed by atoms with Gasteiger partial charge in [-0.05, 0) is 6.42 Å². The maximum atomic E-state index is 10.7. The van der Waals surface area contributed by atoms with Crippen molar-refractivity contribution in [1.82, 2.24) is 0 Å². The lowest BCUT2D eigenvalue weighted by molar-refractivity contribution is 0.180. The molecule has 31 heavy (non-hydrogen) atoms. The molecule has 0 amide bonds. The number of hydrogen-bond acceptors (Lipinski definition) is 3. The lowest BCUT2D eigenvalue weighted by Gasteiger charge is -2.08. The molecule has 0 spiro atoms. The van der Waals surface area contributed by atoms with Gasteiger partial charge in [0.1, 0.15) is 5.75 Å². The molecular formula is C26H54O4S. The van der Waals surface area contributed by atoms with E-state index in [1.807, 2.05) is 0 Å². The molecular weight excluding hydrogens is 408 g/mol. The highest BCUT2D eigenvalue weighted by Crippen LogP contribution is 2.15. The molecule has 0 aromatic heterocycles. The maximum absolute atomic E-state index is 10.7. The molecule has 4 nitrogen and oxygen atoms in total. The Kier molecular flexibility index (Phi) is 22.9. The maximum Gasteiger partial charge on any atom is 0.267 e. The summed E-state index contributed by atoms with van der Waals surface area (Å²) in [5.41, 5.74) is 0. The third-order valence-electron chi connectivity index (χ3n) is 6.29. The van der Waals surface area contributed by atoms with Crippen molar-refractivity contribution in [3.05, 3.63) is 0 Å². The fourth-order valence-electron chi connectivity index (χ4n) is 4.32. The molecule has 0 aromatic rings. The molecule has 0 saturated carbocycles. The number of aliphatic hydroxyl groups is 1. The molecule has 5 heteroatoms. The highest BCUT2D eigenvalue weighted by atomic mass is 32.2. The standard InChI is InChI=1S/C26H54O4S/c1-2-3-4-5-6-7-8-9-10-11-12-13-14-15-16-17-18-19-20-21-22-23-24-26(27)25-31(28,29)30/h26-27H,2-25H2,1H3,(H,28,29,30). The van der Waals surface area contributed by atoms with E-state index in [2.05, 4.69) is 6.92 Å². The molecule has 0 rings (SSSR count). The van der Waals surface area contributed by atoms with Gasteiger partial charge in [0.25, 0.3) is 10.1 Å². The molecule has 0 saturated heterocycles. The van der Waals surface area contributed by atoms with Crippen molar-refractivity contribution in [2.24, 2.45) is 0 Å². The van der Waals surface area contributed by atoms with Crippen LogP contribution < -0.4 is 0 Å². The molecule has 0 aliphatic rings. The Hall–Kier alpha value is -0.130. The van der Waals surface area contributed by atoms with Crippen LogP contribution in [-0.2, 0) is 10.1 Å². The zero-order valence-electron chi connectivity index (χ0n) is 20.7. The van der Waals surface area contributed by atoms with Gasteiger partial charge in [-0.3, -0.25) is 4.55 Å². The minimum atomic E-state index is -4.05. The fraction of sp³-hybridized carbons (Fsp3) is 1.00. The minimum absolute atomic E-state index is 0.457. The third kappa shape index (κ3) is 27.8. The summed E-state index contributed by atoms with van der Waals surface area (Å²) in [6, 6.07) is 0. The van der Waals surface area contributed by atoms with Crippen molar-refractivity contribution in [2.45, 2.75) is 161 Å². The highest BCUT2D eigenvalue weighted by Gasteiger charge is 2.13. The van der Waals surface area contributed by atoms with Gasteiger partial charge in [-0.25, -0.2) is 0 Å². The largest absolute Gasteiger partial charge is 0.392 e. The first kappa shape index (κ1) is 30.9. The molecule has 1 unspecified atom stereocenters. The lowest BCUT2D eigenvalue weighted by Crippen LogP contribution is -2.19. The Labute approximate surface area is 194 Å². The zero-order chi connectivity index (χ0) is 23.0. The summed E-state index contributed by atoms with van der Waals surface area (Å²) in [6.45, 7) is 2.28. The molecule has 0 aliphatic carbocycles. The van der Waals surface area contributed by atoms with Gasteiger partial charge in [0.2, 0.25) is 0 Å². The first-order valence-electron chi connectivity index (χ1n) is 13.6. The Morgan fingerprint density at radius 3 is 1.03 bits per heavy atom. The van der Waals surface area contributed by atoms with Crippen LogP contribution in [0.25, 0.3) is 0 Å². The SMILES string of the molecule is CCCCCCCCCCCCCCCCCCCCCCCCC(O)CS(=O)(=O)O. The van der Waals surface area contributed by atoms with Crippen LogP contribution in [0.1, 0.15) is 155 Å². The van der Waals surface area contributed by atoms with Crippen molar-refractivity contribution in [2.75, 3.05) is 5.75 Å². The summed E-state index contributed by atoms with van der Waals surface area (Å²) in [6.07, 6.45) is 29.0. The molecule has 0 fully saturated rings. The number of hydrogen-bond donors (Lipinski definition) is 2. The van der Waals surface area contributed by atoms with Crippen molar-refractivity contribution < 1.29 is 18.1 Å². The topological polar surface area (TPSA) is 74.6 Å². The van der Waals surface area contributed by atoms with Crippen LogP contribution in [0.5, 0.6) is 0 Å². The van der Waals surface area contributed by atoms with Crippen molar-refractivity contribution >= 4 is 10.1 Å². The highest BCUT2D eigenvalue weighted by molar-refractivity contribution is 7.85. The van der Waals surface area contributed by atoms with Crippen LogP contribution >= 0.6 is 0 Å². The average molecular weight is 463 g/mol. The first-order chi connectivity index (χ1) is 15.0. The van der Waals surface area contributed by atoms with Crippen LogP contribution in [0.3, 0.4) is 0 Å². The average Bonchev–Trinajstić information content (AvgIpc) is 2.70.